The Hall–Kier alpha value is -0.850. The van der Waals surface area contributed by atoms with Crippen LogP contribution in [0.1, 0.15) is 43.2 Å². The van der Waals surface area contributed by atoms with E-state index in [1.54, 1.807) is 5.56 Å². The molecule has 12 heavy (non-hydrogen) atoms. The van der Waals surface area contributed by atoms with E-state index in [0.29, 0.717) is 0 Å². The molecule has 64 valence electrons. The van der Waals surface area contributed by atoms with Crippen LogP contribution in [-0.2, 0) is 11.8 Å². The van der Waals surface area contributed by atoms with Gasteiger partial charge in [0.25, 0.3) is 0 Å². The van der Waals surface area contributed by atoms with Gasteiger partial charge in [-0.05, 0) is 35.4 Å². The minimum Gasteiger partial charge on any atom is -0.261 e. The van der Waals surface area contributed by atoms with E-state index >= 15 is 0 Å². The first-order valence-corrected chi connectivity index (χ1v) is 4.48. The Balaban J connectivity index is 2.59. The van der Waals surface area contributed by atoms with Gasteiger partial charge >= 0.3 is 0 Å². The van der Waals surface area contributed by atoms with Gasteiger partial charge in [0.2, 0.25) is 0 Å². The summed E-state index contributed by atoms with van der Waals surface area (Å²) in [6, 6.07) is 0. The van der Waals surface area contributed by atoms with Crippen molar-refractivity contribution in [1.29, 1.82) is 0 Å². The van der Waals surface area contributed by atoms with E-state index in [0.717, 1.165) is 0 Å². The van der Waals surface area contributed by atoms with E-state index in [1.807, 2.05) is 6.20 Å². The molecule has 0 saturated heterocycles. The quantitative estimate of drug-likeness (QED) is 0.578. The normalized spacial score (nSPS) is 14.3. The van der Waals surface area contributed by atoms with Crippen molar-refractivity contribution in [2.24, 2.45) is 0 Å². The number of fused-ring (bicyclic) bond motifs is 1. The molecule has 0 spiro atoms. The molecule has 2 rings (SSSR count). The van der Waals surface area contributed by atoms with Crippen molar-refractivity contribution in [3.05, 3.63) is 28.6 Å². The largest absolute Gasteiger partial charge is 0.261 e. The predicted octanol–water partition coefficient (Wildman–Crippen LogP) is 2.59. The Morgan fingerprint density at radius 2 is 2.00 bits per heavy atom. The van der Waals surface area contributed by atoms with Crippen molar-refractivity contribution in [1.82, 2.24) is 4.98 Å². The molecule has 0 atom stereocenters. The van der Waals surface area contributed by atoms with Crippen LogP contribution in [0.3, 0.4) is 0 Å². The molecule has 1 aromatic heterocycles. The lowest BCUT2D eigenvalue weighted by atomic mass is 9.85. The number of hydrogen-bond acceptors (Lipinski definition) is 1. The van der Waals surface area contributed by atoms with Crippen molar-refractivity contribution in [2.75, 3.05) is 0 Å². The second kappa shape index (κ2) is 2.09. The van der Waals surface area contributed by atoms with Crippen LogP contribution in [0.25, 0.3) is 0 Å². The molecule has 0 aromatic carbocycles. The number of rotatable bonds is 0. The Kier molecular flexibility index (Phi) is 1.36. The molecule has 1 heteroatoms. The number of pyridine rings is 1. The molecule has 1 aliphatic rings. The van der Waals surface area contributed by atoms with Gasteiger partial charge in [0, 0.05) is 11.9 Å². The highest BCUT2D eigenvalue weighted by Gasteiger charge is 2.29. The van der Waals surface area contributed by atoms with Crippen LogP contribution in [0, 0.1) is 6.92 Å². The van der Waals surface area contributed by atoms with E-state index < -0.39 is 0 Å². The maximum Gasteiger partial charge on any atom is 0.0413 e. The predicted molar refractivity (Wildman–Crippen MR) is 50.5 cm³/mol. The van der Waals surface area contributed by atoms with Gasteiger partial charge in [-0.25, -0.2) is 0 Å². The molecular formula is C11H15N. The van der Waals surface area contributed by atoms with Crippen LogP contribution in [-0.4, -0.2) is 4.98 Å². The number of nitrogens with zero attached hydrogens (tertiary/aromatic N) is 1. The molecule has 0 bridgehead atoms. The van der Waals surface area contributed by atoms with Crippen LogP contribution >= 0.6 is 0 Å². The average Bonchev–Trinajstić information content (AvgIpc) is 2.61. The fraction of sp³-hybridized carbons (Fsp3) is 0.545. The zero-order chi connectivity index (χ0) is 8.93. The van der Waals surface area contributed by atoms with Crippen LogP contribution < -0.4 is 0 Å². The van der Waals surface area contributed by atoms with Crippen molar-refractivity contribution < 1.29 is 0 Å². The third kappa shape index (κ3) is 1.04. The summed E-state index contributed by atoms with van der Waals surface area (Å²) >= 11 is 0. The summed E-state index contributed by atoms with van der Waals surface area (Å²) in [5.74, 6) is 0. The molecule has 0 fully saturated rings. The van der Waals surface area contributed by atoms with Gasteiger partial charge < -0.3 is 0 Å². The monoisotopic (exact) mass is 161 g/mol. The number of hydrogen-bond donors (Lipinski definition) is 0. The molecule has 0 saturated carbocycles. The summed E-state index contributed by atoms with van der Waals surface area (Å²) in [5.41, 5.74) is 5.94. The summed E-state index contributed by atoms with van der Waals surface area (Å²) < 4.78 is 0. The second-order valence-electron chi connectivity index (χ2n) is 4.65. The van der Waals surface area contributed by atoms with Crippen LogP contribution in [0.4, 0.5) is 0 Å². The number of aromatic nitrogens is 1. The molecule has 0 N–H and O–H groups in total. The lowest BCUT2D eigenvalue weighted by Crippen LogP contribution is -2.14. The van der Waals surface area contributed by atoms with E-state index in [2.05, 4.69) is 32.7 Å². The average molecular weight is 161 g/mol. The lowest BCUT2D eigenvalue weighted by molar-refractivity contribution is 0.581. The highest BCUT2D eigenvalue weighted by Crippen LogP contribution is 2.38. The van der Waals surface area contributed by atoms with E-state index in [1.165, 1.54) is 23.2 Å². The SMILES string of the molecule is Cc1ncc2c(c1C(C)(C)C)C2. The molecule has 1 aliphatic carbocycles. The zero-order valence-electron chi connectivity index (χ0n) is 8.23. The van der Waals surface area contributed by atoms with E-state index in [9.17, 15) is 0 Å². The van der Waals surface area contributed by atoms with Gasteiger partial charge in [-0.1, -0.05) is 20.8 Å². The first-order valence-electron chi connectivity index (χ1n) is 4.48. The van der Waals surface area contributed by atoms with Crippen molar-refractivity contribution in [3.8, 4) is 0 Å². The Bertz CT molecular complexity index is 328. The minimum absolute atomic E-state index is 0.263. The number of aryl methyl sites for hydroxylation is 1. The van der Waals surface area contributed by atoms with E-state index in [-0.39, 0.29) is 5.41 Å². The van der Waals surface area contributed by atoms with Crippen molar-refractivity contribution in [2.45, 2.75) is 39.5 Å². The van der Waals surface area contributed by atoms with Crippen molar-refractivity contribution >= 4 is 0 Å². The zero-order valence-corrected chi connectivity index (χ0v) is 8.23. The summed E-state index contributed by atoms with van der Waals surface area (Å²) in [6.45, 7) is 8.89. The molecule has 0 amide bonds. The fourth-order valence-corrected chi connectivity index (χ4v) is 1.97. The van der Waals surface area contributed by atoms with Gasteiger partial charge in [-0.15, -0.1) is 0 Å². The van der Waals surface area contributed by atoms with Crippen LogP contribution in [0.5, 0.6) is 0 Å². The summed E-state index contributed by atoms with van der Waals surface area (Å²) in [7, 11) is 0. The van der Waals surface area contributed by atoms with Gasteiger partial charge in [0.05, 0.1) is 0 Å². The summed E-state index contributed by atoms with van der Waals surface area (Å²) in [5, 5.41) is 0. The topological polar surface area (TPSA) is 12.9 Å². The van der Waals surface area contributed by atoms with Crippen molar-refractivity contribution in [3.63, 3.8) is 0 Å². The lowest BCUT2D eigenvalue weighted by Gasteiger charge is -2.20. The van der Waals surface area contributed by atoms with Gasteiger partial charge in [0.1, 0.15) is 0 Å². The molecule has 1 aromatic rings. The van der Waals surface area contributed by atoms with Crippen LogP contribution in [0.2, 0.25) is 0 Å². The summed E-state index contributed by atoms with van der Waals surface area (Å²) in [4.78, 5) is 4.40. The van der Waals surface area contributed by atoms with Gasteiger partial charge in [0.15, 0.2) is 0 Å². The maximum atomic E-state index is 4.40. The Labute approximate surface area is 73.8 Å². The third-order valence-electron chi connectivity index (χ3n) is 2.46. The standard InChI is InChI=1S/C11H15N/c1-7-10(11(2,3)4)9-5-8(9)6-12-7/h6H,5H2,1-4H3. The smallest absolute Gasteiger partial charge is 0.0413 e. The highest BCUT2D eigenvalue weighted by atomic mass is 14.7. The first kappa shape index (κ1) is 7.78. The van der Waals surface area contributed by atoms with Gasteiger partial charge in [-0.2, -0.15) is 0 Å². The minimum atomic E-state index is 0.263. The molecular weight excluding hydrogens is 146 g/mol. The maximum absolute atomic E-state index is 4.40. The van der Waals surface area contributed by atoms with Gasteiger partial charge in [-0.3, -0.25) is 4.98 Å². The Morgan fingerprint density at radius 3 is 2.50 bits per heavy atom. The first-order chi connectivity index (χ1) is 5.50. The Morgan fingerprint density at radius 1 is 1.33 bits per heavy atom. The molecule has 0 radical (unpaired) electrons. The van der Waals surface area contributed by atoms with Crippen LogP contribution in [0.15, 0.2) is 6.20 Å². The summed E-state index contributed by atoms with van der Waals surface area (Å²) in [6.07, 6.45) is 3.19. The molecule has 1 nitrogen and oxygen atoms in total. The third-order valence-corrected chi connectivity index (χ3v) is 2.46. The molecule has 0 unspecified atom stereocenters. The van der Waals surface area contributed by atoms with E-state index in [4.69, 9.17) is 0 Å². The highest BCUT2D eigenvalue weighted by molar-refractivity contribution is 5.53. The molecule has 1 heterocycles. The fourth-order valence-electron chi connectivity index (χ4n) is 1.97. The molecule has 0 aliphatic heterocycles. The second-order valence-corrected chi connectivity index (χ2v) is 4.65.